The molecule has 0 bridgehead atoms. The standard InChI is InChI=1S/C25H23FN6O3/c1-14-21(22(25(35)31(2)3)30-32(14)13-15-8-10-16(26)11-9-15)29-24(34)20-12-18(23(27)33)17-6-4-5-7-19(17)28-20/h4-12H,13H2,1-3H3,(H2,27,33)(H,29,34). The molecule has 10 heteroatoms. The zero-order valence-corrected chi connectivity index (χ0v) is 19.4. The number of para-hydroxylation sites is 1. The molecular weight excluding hydrogens is 451 g/mol. The van der Waals surface area contributed by atoms with Crippen LogP contribution in [0, 0.1) is 12.7 Å². The molecule has 0 radical (unpaired) electrons. The quantitative estimate of drug-likeness (QED) is 0.445. The maximum atomic E-state index is 13.3. The number of primary amides is 1. The van der Waals surface area contributed by atoms with Crippen molar-refractivity contribution in [2.45, 2.75) is 13.5 Å². The van der Waals surface area contributed by atoms with Gasteiger partial charge in [0.25, 0.3) is 11.8 Å². The lowest BCUT2D eigenvalue weighted by Crippen LogP contribution is -2.24. The summed E-state index contributed by atoms with van der Waals surface area (Å²) < 4.78 is 14.9. The molecule has 0 spiro atoms. The van der Waals surface area contributed by atoms with Crippen LogP contribution in [0.5, 0.6) is 0 Å². The normalized spacial score (nSPS) is 10.9. The smallest absolute Gasteiger partial charge is 0.276 e. The van der Waals surface area contributed by atoms with Crippen LogP contribution in [0.4, 0.5) is 10.1 Å². The van der Waals surface area contributed by atoms with Gasteiger partial charge in [0.05, 0.1) is 29.0 Å². The first-order valence-electron chi connectivity index (χ1n) is 10.7. The Hall–Kier alpha value is -4.60. The van der Waals surface area contributed by atoms with Crippen LogP contribution >= 0.6 is 0 Å². The molecular formula is C25H23FN6O3. The van der Waals surface area contributed by atoms with Crippen molar-refractivity contribution in [2.24, 2.45) is 5.73 Å². The second-order valence-corrected chi connectivity index (χ2v) is 8.18. The van der Waals surface area contributed by atoms with Crippen LogP contribution in [0.15, 0.2) is 54.6 Å². The molecule has 0 saturated carbocycles. The average molecular weight is 474 g/mol. The lowest BCUT2D eigenvalue weighted by molar-refractivity contribution is 0.0821. The van der Waals surface area contributed by atoms with Crippen molar-refractivity contribution in [1.29, 1.82) is 0 Å². The van der Waals surface area contributed by atoms with Gasteiger partial charge in [-0.3, -0.25) is 19.1 Å². The highest BCUT2D eigenvalue weighted by Gasteiger charge is 2.25. The summed E-state index contributed by atoms with van der Waals surface area (Å²) in [5.41, 5.74) is 7.62. The Morgan fingerprint density at radius 1 is 1.09 bits per heavy atom. The summed E-state index contributed by atoms with van der Waals surface area (Å²) in [6.45, 7) is 1.97. The van der Waals surface area contributed by atoms with E-state index in [-0.39, 0.29) is 35.0 Å². The van der Waals surface area contributed by atoms with E-state index in [0.29, 0.717) is 16.6 Å². The van der Waals surface area contributed by atoms with Crippen LogP contribution in [0.3, 0.4) is 0 Å². The molecule has 35 heavy (non-hydrogen) atoms. The molecule has 0 aliphatic heterocycles. The van der Waals surface area contributed by atoms with Gasteiger partial charge in [0.15, 0.2) is 5.69 Å². The Morgan fingerprint density at radius 2 is 1.77 bits per heavy atom. The van der Waals surface area contributed by atoms with Crippen molar-refractivity contribution in [3.8, 4) is 0 Å². The summed E-state index contributed by atoms with van der Waals surface area (Å²) in [5, 5.41) is 7.68. The Labute approximate surface area is 200 Å². The van der Waals surface area contributed by atoms with Gasteiger partial charge in [-0.25, -0.2) is 9.37 Å². The second kappa shape index (κ2) is 9.34. The molecule has 2 aromatic heterocycles. The van der Waals surface area contributed by atoms with Crippen molar-refractivity contribution in [3.05, 3.63) is 88.6 Å². The van der Waals surface area contributed by atoms with Gasteiger partial charge >= 0.3 is 0 Å². The summed E-state index contributed by atoms with van der Waals surface area (Å²) in [6.07, 6.45) is 0. The number of halogens is 1. The molecule has 0 aliphatic rings. The molecule has 0 aliphatic carbocycles. The van der Waals surface area contributed by atoms with Crippen molar-refractivity contribution in [1.82, 2.24) is 19.7 Å². The number of benzene rings is 2. The molecule has 0 unspecified atom stereocenters. The number of amides is 3. The highest BCUT2D eigenvalue weighted by Crippen LogP contribution is 2.24. The third kappa shape index (κ3) is 4.72. The summed E-state index contributed by atoms with van der Waals surface area (Å²) in [4.78, 5) is 43.7. The van der Waals surface area contributed by atoms with E-state index in [2.05, 4.69) is 15.4 Å². The summed E-state index contributed by atoms with van der Waals surface area (Å²) in [6, 6.07) is 14.1. The molecule has 3 amide bonds. The minimum absolute atomic E-state index is 0.0357. The van der Waals surface area contributed by atoms with Gasteiger partial charge in [-0.05, 0) is 36.8 Å². The number of rotatable bonds is 6. The summed E-state index contributed by atoms with van der Waals surface area (Å²) in [7, 11) is 3.15. The van der Waals surface area contributed by atoms with Crippen molar-refractivity contribution >= 4 is 34.3 Å². The predicted molar refractivity (Wildman–Crippen MR) is 129 cm³/mol. The van der Waals surface area contributed by atoms with Crippen LogP contribution in [0.25, 0.3) is 10.9 Å². The Balaban J connectivity index is 1.74. The Bertz CT molecular complexity index is 1460. The lowest BCUT2D eigenvalue weighted by atomic mass is 10.1. The lowest BCUT2D eigenvalue weighted by Gasteiger charge is -2.11. The fourth-order valence-electron chi connectivity index (χ4n) is 3.65. The number of carbonyl (C=O) groups is 3. The zero-order chi connectivity index (χ0) is 25.3. The van der Waals surface area contributed by atoms with E-state index in [1.807, 2.05) is 0 Å². The topological polar surface area (TPSA) is 123 Å². The minimum Gasteiger partial charge on any atom is -0.366 e. The number of anilines is 1. The molecule has 4 rings (SSSR count). The van der Waals surface area contributed by atoms with E-state index in [4.69, 9.17) is 5.73 Å². The first-order valence-corrected chi connectivity index (χ1v) is 10.7. The number of nitrogens with zero attached hydrogens (tertiary/aromatic N) is 4. The zero-order valence-electron chi connectivity index (χ0n) is 19.4. The van der Waals surface area contributed by atoms with Crippen LogP contribution in [-0.2, 0) is 6.54 Å². The molecule has 2 aromatic carbocycles. The Kier molecular flexibility index (Phi) is 6.28. The number of nitrogens with one attached hydrogen (secondary N) is 1. The van der Waals surface area contributed by atoms with Gasteiger partial charge in [-0.15, -0.1) is 0 Å². The number of aromatic nitrogens is 3. The van der Waals surface area contributed by atoms with Gasteiger partial charge in [0.1, 0.15) is 11.5 Å². The van der Waals surface area contributed by atoms with Gasteiger partial charge in [0, 0.05) is 19.5 Å². The largest absolute Gasteiger partial charge is 0.366 e. The molecule has 2 heterocycles. The van der Waals surface area contributed by atoms with Gasteiger partial charge in [-0.1, -0.05) is 30.3 Å². The molecule has 0 saturated heterocycles. The maximum Gasteiger partial charge on any atom is 0.276 e. The van der Waals surface area contributed by atoms with Crippen molar-refractivity contribution in [3.63, 3.8) is 0 Å². The van der Waals surface area contributed by atoms with Gasteiger partial charge in [-0.2, -0.15) is 5.10 Å². The SMILES string of the molecule is Cc1c(NC(=O)c2cc(C(N)=O)c3ccccc3n2)c(C(=O)N(C)C)nn1Cc1ccc(F)cc1. The van der Waals surface area contributed by atoms with E-state index >= 15 is 0 Å². The summed E-state index contributed by atoms with van der Waals surface area (Å²) in [5.74, 6) is -2.09. The van der Waals surface area contributed by atoms with E-state index < -0.39 is 17.7 Å². The molecule has 0 atom stereocenters. The third-order valence-corrected chi connectivity index (χ3v) is 5.51. The van der Waals surface area contributed by atoms with Crippen LogP contribution < -0.4 is 11.1 Å². The number of nitrogens with two attached hydrogens (primary N) is 1. The number of carbonyl (C=O) groups excluding carboxylic acids is 3. The van der Waals surface area contributed by atoms with Gasteiger partial charge < -0.3 is 16.0 Å². The third-order valence-electron chi connectivity index (χ3n) is 5.51. The highest BCUT2D eigenvalue weighted by atomic mass is 19.1. The maximum absolute atomic E-state index is 13.3. The van der Waals surface area contributed by atoms with E-state index in [0.717, 1.165) is 5.56 Å². The molecule has 9 nitrogen and oxygen atoms in total. The fourth-order valence-corrected chi connectivity index (χ4v) is 3.65. The van der Waals surface area contributed by atoms with Crippen LogP contribution in [0.2, 0.25) is 0 Å². The minimum atomic E-state index is -0.690. The van der Waals surface area contributed by atoms with Crippen molar-refractivity contribution in [2.75, 3.05) is 19.4 Å². The van der Waals surface area contributed by atoms with E-state index in [1.165, 1.54) is 23.1 Å². The highest BCUT2D eigenvalue weighted by molar-refractivity contribution is 6.12. The number of pyridine rings is 1. The molecule has 178 valence electrons. The van der Waals surface area contributed by atoms with Crippen LogP contribution in [0.1, 0.15) is 42.6 Å². The van der Waals surface area contributed by atoms with E-state index in [9.17, 15) is 18.8 Å². The monoisotopic (exact) mass is 474 g/mol. The van der Waals surface area contributed by atoms with Crippen molar-refractivity contribution < 1.29 is 18.8 Å². The number of hydrogen-bond donors (Lipinski definition) is 2. The number of fused-ring (bicyclic) bond motifs is 1. The predicted octanol–water partition coefficient (Wildman–Crippen LogP) is 2.98. The molecule has 0 fully saturated rings. The number of hydrogen-bond acceptors (Lipinski definition) is 5. The molecule has 3 N–H and O–H groups in total. The molecule has 4 aromatic rings. The first kappa shape index (κ1) is 23.6. The van der Waals surface area contributed by atoms with E-state index in [1.54, 1.807) is 62.1 Å². The second-order valence-electron chi connectivity index (χ2n) is 8.18. The van der Waals surface area contributed by atoms with Gasteiger partial charge in [0.2, 0.25) is 5.91 Å². The Morgan fingerprint density at radius 3 is 2.43 bits per heavy atom. The fraction of sp³-hybridized carbons (Fsp3) is 0.160. The first-order chi connectivity index (χ1) is 16.7. The summed E-state index contributed by atoms with van der Waals surface area (Å²) >= 11 is 0. The average Bonchev–Trinajstić information content (AvgIpc) is 3.13. The van der Waals surface area contributed by atoms with Crippen LogP contribution in [-0.4, -0.2) is 51.5 Å².